The third-order valence-electron chi connectivity index (χ3n) is 3.32. The van der Waals surface area contributed by atoms with Crippen LogP contribution in [0.3, 0.4) is 0 Å². The molecule has 0 aromatic heterocycles. The summed E-state index contributed by atoms with van der Waals surface area (Å²) in [6.45, 7) is 4.59. The minimum absolute atomic E-state index is 0.0689. The maximum Gasteiger partial charge on any atom is 0.171 e. The number of aldehydes is 1. The predicted octanol–water partition coefficient (Wildman–Crippen LogP) is 2.84. The van der Waals surface area contributed by atoms with Gasteiger partial charge >= 0.3 is 0 Å². The van der Waals surface area contributed by atoms with Gasteiger partial charge in [-0.15, -0.1) is 0 Å². The topological polar surface area (TPSA) is 44.8 Å². The van der Waals surface area contributed by atoms with Crippen molar-refractivity contribution in [2.24, 2.45) is 0 Å². The summed E-state index contributed by atoms with van der Waals surface area (Å²) in [4.78, 5) is 11.0. The molecule has 1 aromatic carbocycles. The van der Waals surface area contributed by atoms with E-state index in [0.29, 0.717) is 23.7 Å². The lowest BCUT2D eigenvalue weighted by Crippen LogP contribution is -2.24. The molecular formula is C15H20O4. The first-order chi connectivity index (χ1) is 9.05. The third-order valence-corrected chi connectivity index (χ3v) is 3.32. The van der Waals surface area contributed by atoms with Crippen LogP contribution in [0.1, 0.15) is 37.0 Å². The van der Waals surface area contributed by atoms with Crippen LogP contribution >= 0.6 is 0 Å². The Morgan fingerprint density at radius 3 is 2.84 bits per heavy atom. The van der Waals surface area contributed by atoms with E-state index in [0.717, 1.165) is 19.1 Å². The molecule has 0 bridgehead atoms. The Labute approximate surface area is 113 Å². The van der Waals surface area contributed by atoms with Crippen LogP contribution in [0.15, 0.2) is 18.2 Å². The van der Waals surface area contributed by atoms with Crippen LogP contribution in [0.5, 0.6) is 11.5 Å². The van der Waals surface area contributed by atoms with Crippen LogP contribution in [0.25, 0.3) is 0 Å². The Bertz CT molecular complexity index is 453. The fourth-order valence-corrected chi connectivity index (χ4v) is 2.31. The van der Waals surface area contributed by atoms with Crippen molar-refractivity contribution < 1.29 is 19.0 Å². The molecule has 1 heterocycles. The standard InChI is InChI=1S/C15H20O4/c1-15(2)8-7-12(19-15)10-18-14-11(9-16)5-4-6-13(14)17-3/h4-6,9,12H,7-8,10H2,1-3H3. The molecule has 1 fully saturated rings. The Hall–Kier alpha value is -1.55. The first-order valence-corrected chi connectivity index (χ1v) is 6.48. The number of hydrogen-bond donors (Lipinski definition) is 0. The number of benzene rings is 1. The molecule has 0 saturated carbocycles. The van der Waals surface area contributed by atoms with E-state index in [4.69, 9.17) is 14.2 Å². The second-order valence-electron chi connectivity index (χ2n) is 5.35. The lowest BCUT2D eigenvalue weighted by Gasteiger charge is -2.20. The number of para-hydroxylation sites is 1. The lowest BCUT2D eigenvalue weighted by atomic mass is 10.1. The number of carbonyl (C=O) groups is 1. The fraction of sp³-hybridized carbons (Fsp3) is 0.533. The number of methoxy groups -OCH3 is 1. The molecule has 1 aliphatic rings. The molecule has 104 valence electrons. The van der Waals surface area contributed by atoms with E-state index in [1.807, 2.05) is 0 Å². The highest BCUT2D eigenvalue weighted by Gasteiger charge is 2.32. The van der Waals surface area contributed by atoms with E-state index < -0.39 is 0 Å². The Morgan fingerprint density at radius 1 is 1.47 bits per heavy atom. The number of ether oxygens (including phenoxy) is 3. The van der Waals surface area contributed by atoms with Crippen molar-refractivity contribution in [1.29, 1.82) is 0 Å². The average Bonchev–Trinajstić information content (AvgIpc) is 2.75. The maximum absolute atomic E-state index is 11.0. The van der Waals surface area contributed by atoms with Gasteiger partial charge in [-0.1, -0.05) is 6.07 Å². The second kappa shape index (κ2) is 5.61. The third kappa shape index (κ3) is 3.26. The van der Waals surface area contributed by atoms with E-state index in [2.05, 4.69) is 13.8 Å². The molecule has 1 aliphatic heterocycles. The molecule has 4 nitrogen and oxygen atoms in total. The van der Waals surface area contributed by atoms with Gasteiger partial charge in [0.25, 0.3) is 0 Å². The summed E-state index contributed by atoms with van der Waals surface area (Å²) in [6.07, 6.45) is 2.84. The summed E-state index contributed by atoms with van der Waals surface area (Å²) in [5, 5.41) is 0. The van der Waals surface area contributed by atoms with Crippen LogP contribution in [0.4, 0.5) is 0 Å². The molecule has 1 atom stereocenters. The molecule has 1 unspecified atom stereocenters. The van der Waals surface area contributed by atoms with Crippen LogP contribution in [-0.4, -0.2) is 31.7 Å². The Kier molecular flexibility index (Phi) is 4.10. The smallest absolute Gasteiger partial charge is 0.171 e. The molecule has 0 spiro atoms. The minimum Gasteiger partial charge on any atom is -0.493 e. The van der Waals surface area contributed by atoms with Crippen molar-refractivity contribution in [3.63, 3.8) is 0 Å². The fourth-order valence-electron chi connectivity index (χ4n) is 2.31. The zero-order valence-corrected chi connectivity index (χ0v) is 11.6. The molecule has 2 rings (SSSR count). The number of hydrogen-bond acceptors (Lipinski definition) is 4. The molecule has 0 amide bonds. The molecule has 1 saturated heterocycles. The highest BCUT2D eigenvalue weighted by Crippen LogP contribution is 2.33. The van der Waals surface area contributed by atoms with Crippen LogP contribution < -0.4 is 9.47 Å². The van der Waals surface area contributed by atoms with E-state index >= 15 is 0 Å². The van der Waals surface area contributed by atoms with Crippen molar-refractivity contribution in [3.05, 3.63) is 23.8 Å². The Balaban J connectivity index is 2.05. The van der Waals surface area contributed by atoms with Gasteiger partial charge in [0.1, 0.15) is 6.61 Å². The Morgan fingerprint density at radius 2 is 2.26 bits per heavy atom. The zero-order chi connectivity index (χ0) is 13.9. The van der Waals surface area contributed by atoms with Gasteiger partial charge in [0.05, 0.1) is 24.4 Å². The lowest BCUT2D eigenvalue weighted by molar-refractivity contribution is -0.0329. The first kappa shape index (κ1) is 13.9. The van der Waals surface area contributed by atoms with E-state index in [1.54, 1.807) is 25.3 Å². The summed E-state index contributed by atoms with van der Waals surface area (Å²) >= 11 is 0. The molecule has 0 radical (unpaired) electrons. The highest BCUT2D eigenvalue weighted by molar-refractivity contribution is 5.81. The minimum atomic E-state index is -0.0811. The molecular weight excluding hydrogens is 244 g/mol. The molecule has 0 aliphatic carbocycles. The van der Waals surface area contributed by atoms with Gasteiger partial charge < -0.3 is 14.2 Å². The van der Waals surface area contributed by atoms with Gasteiger partial charge in [0, 0.05) is 0 Å². The van der Waals surface area contributed by atoms with Crippen LogP contribution in [0, 0.1) is 0 Å². The molecule has 4 heteroatoms. The molecule has 19 heavy (non-hydrogen) atoms. The van der Waals surface area contributed by atoms with Gasteiger partial charge in [-0.2, -0.15) is 0 Å². The summed E-state index contributed by atoms with van der Waals surface area (Å²) < 4.78 is 16.8. The molecule has 0 N–H and O–H groups in total. The van der Waals surface area contributed by atoms with Crippen LogP contribution in [-0.2, 0) is 4.74 Å². The van der Waals surface area contributed by atoms with Gasteiger partial charge in [0.2, 0.25) is 0 Å². The van der Waals surface area contributed by atoms with Crippen LogP contribution in [0.2, 0.25) is 0 Å². The zero-order valence-electron chi connectivity index (χ0n) is 11.6. The van der Waals surface area contributed by atoms with Gasteiger partial charge in [-0.05, 0) is 38.8 Å². The van der Waals surface area contributed by atoms with Gasteiger partial charge in [-0.3, -0.25) is 4.79 Å². The quantitative estimate of drug-likeness (QED) is 0.767. The van der Waals surface area contributed by atoms with Gasteiger partial charge in [0.15, 0.2) is 17.8 Å². The summed E-state index contributed by atoms with van der Waals surface area (Å²) in [5.74, 6) is 1.06. The van der Waals surface area contributed by atoms with Crippen molar-refractivity contribution in [2.45, 2.75) is 38.4 Å². The predicted molar refractivity (Wildman–Crippen MR) is 72.1 cm³/mol. The SMILES string of the molecule is COc1cccc(C=O)c1OCC1CCC(C)(C)O1. The summed E-state index contributed by atoms with van der Waals surface area (Å²) in [5.41, 5.74) is 0.416. The molecule has 1 aromatic rings. The van der Waals surface area contributed by atoms with E-state index in [-0.39, 0.29) is 11.7 Å². The second-order valence-corrected chi connectivity index (χ2v) is 5.35. The van der Waals surface area contributed by atoms with Gasteiger partial charge in [-0.25, -0.2) is 0 Å². The van der Waals surface area contributed by atoms with E-state index in [9.17, 15) is 4.79 Å². The normalized spacial score (nSPS) is 21.1. The van der Waals surface area contributed by atoms with Crippen molar-refractivity contribution in [3.8, 4) is 11.5 Å². The number of carbonyl (C=O) groups excluding carboxylic acids is 1. The van der Waals surface area contributed by atoms with Crippen molar-refractivity contribution in [2.75, 3.05) is 13.7 Å². The summed E-state index contributed by atoms with van der Waals surface area (Å²) in [6, 6.07) is 5.26. The van der Waals surface area contributed by atoms with E-state index in [1.165, 1.54) is 0 Å². The monoisotopic (exact) mass is 264 g/mol. The highest BCUT2D eigenvalue weighted by atomic mass is 16.6. The van der Waals surface area contributed by atoms with Crippen molar-refractivity contribution >= 4 is 6.29 Å². The maximum atomic E-state index is 11.0. The van der Waals surface area contributed by atoms with Crippen molar-refractivity contribution in [1.82, 2.24) is 0 Å². The summed E-state index contributed by atoms with van der Waals surface area (Å²) in [7, 11) is 1.56. The average molecular weight is 264 g/mol. The first-order valence-electron chi connectivity index (χ1n) is 6.48. The number of rotatable bonds is 5. The largest absolute Gasteiger partial charge is 0.493 e.